The number of benzene rings is 1. The lowest BCUT2D eigenvalue weighted by molar-refractivity contribution is 0.0950. The van der Waals surface area contributed by atoms with Crippen molar-refractivity contribution in [3.8, 4) is 11.5 Å². The quantitative estimate of drug-likeness (QED) is 0.606. The monoisotopic (exact) mass is 235 g/mol. The van der Waals surface area contributed by atoms with E-state index in [1.54, 1.807) is 24.3 Å². The molecule has 0 saturated heterocycles. The normalized spacial score (nSPS) is 9.53. The number of hydrogen-bond acceptors (Lipinski definition) is 3. The number of para-hydroxylation sites is 1. The molecule has 0 bridgehead atoms. The SMILES string of the molecule is C=CCCNC(=O)c1cccc(OC)c1OC. The van der Waals surface area contributed by atoms with Crippen molar-refractivity contribution in [1.82, 2.24) is 5.32 Å². The number of nitrogens with one attached hydrogen (secondary N) is 1. The van der Waals surface area contributed by atoms with Crippen LogP contribution in [0.3, 0.4) is 0 Å². The van der Waals surface area contributed by atoms with Crippen LogP contribution >= 0.6 is 0 Å². The second-order valence-corrected chi connectivity index (χ2v) is 3.37. The maximum atomic E-state index is 11.9. The highest BCUT2D eigenvalue weighted by Gasteiger charge is 2.15. The molecule has 0 saturated carbocycles. The summed E-state index contributed by atoms with van der Waals surface area (Å²) in [5.74, 6) is 0.817. The molecule has 0 heterocycles. The first-order valence-corrected chi connectivity index (χ1v) is 5.34. The summed E-state index contributed by atoms with van der Waals surface area (Å²) in [6.45, 7) is 4.15. The van der Waals surface area contributed by atoms with Crippen LogP contribution < -0.4 is 14.8 Å². The molecular formula is C13H17NO3. The van der Waals surface area contributed by atoms with Gasteiger partial charge in [-0.1, -0.05) is 12.1 Å². The second kappa shape index (κ2) is 6.58. The number of hydrogen-bond donors (Lipinski definition) is 1. The molecule has 0 spiro atoms. The van der Waals surface area contributed by atoms with Gasteiger partial charge < -0.3 is 14.8 Å². The van der Waals surface area contributed by atoms with Crippen molar-refractivity contribution in [2.24, 2.45) is 0 Å². The minimum Gasteiger partial charge on any atom is -0.493 e. The van der Waals surface area contributed by atoms with Crippen molar-refractivity contribution < 1.29 is 14.3 Å². The maximum Gasteiger partial charge on any atom is 0.255 e. The van der Waals surface area contributed by atoms with Gasteiger partial charge in [-0.15, -0.1) is 6.58 Å². The van der Waals surface area contributed by atoms with Crippen molar-refractivity contribution in [3.63, 3.8) is 0 Å². The van der Waals surface area contributed by atoms with Crippen LogP contribution in [0.1, 0.15) is 16.8 Å². The Morgan fingerprint density at radius 3 is 2.76 bits per heavy atom. The van der Waals surface area contributed by atoms with Gasteiger partial charge in [0.1, 0.15) is 0 Å². The Balaban J connectivity index is 2.88. The van der Waals surface area contributed by atoms with Gasteiger partial charge >= 0.3 is 0 Å². The zero-order valence-electron chi connectivity index (χ0n) is 10.2. The lowest BCUT2D eigenvalue weighted by atomic mass is 10.1. The molecule has 4 nitrogen and oxygen atoms in total. The summed E-state index contributed by atoms with van der Waals surface area (Å²) in [7, 11) is 3.05. The molecule has 0 atom stereocenters. The molecule has 17 heavy (non-hydrogen) atoms. The predicted octanol–water partition coefficient (Wildman–Crippen LogP) is 2.01. The molecule has 0 aromatic heterocycles. The Labute approximate surface area is 101 Å². The van der Waals surface area contributed by atoms with Gasteiger partial charge in [0.15, 0.2) is 11.5 Å². The third kappa shape index (κ3) is 3.24. The van der Waals surface area contributed by atoms with E-state index in [-0.39, 0.29) is 5.91 Å². The fourth-order valence-electron chi connectivity index (χ4n) is 1.45. The van der Waals surface area contributed by atoms with Gasteiger partial charge in [0.2, 0.25) is 0 Å². The molecule has 1 rings (SSSR count). The summed E-state index contributed by atoms with van der Waals surface area (Å²) in [6.07, 6.45) is 2.49. The first kappa shape index (κ1) is 13.1. The lowest BCUT2D eigenvalue weighted by Crippen LogP contribution is -2.24. The maximum absolute atomic E-state index is 11.9. The Morgan fingerprint density at radius 1 is 1.41 bits per heavy atom. The van der Waals surface area contributed by atoms with Crippen molar-refractivity contribution in [1.29, 1.82) is 0 Å². The molecular weight excluding hydrogens is 218 g/mol. The molecule has 0 radical (unpaired) electrons. The van der Waals surface area contributed by atoms with Gasteiger partial charge in [-0.25, -0.2) is 0 Å². The molecule has 92 valence electrons. The van der Waals surface area contributed by atoms with Gasteiger partial charge in [-0.05, 0) is 18.6 Å². The molecule has 0 fully saturated rings. The van der Waals surface area contributed by atoms with Crippen LogP contribution in [0.25, 0.3) is 0 Å². The van der Waals surface area contributed by atoms with Crippen molar-refractivity contribution in [2.75, 3.05) is 20.8 Å². The van der Waals surface area contributed by atoms with E-state index in [0.717, 1.165) is 6.42 Å². The van der Waals surface area contributed by atoms with Crippen LogP contribution in [0.5, 0.6) is 11.5 Å². The molecule has 4 heteroatoms. The number of rotatable bonds is 6. The average molecular weight is 235 g/mol. The van der Waals surface area contributed by atoms with Crippen LogP contribution in [-0.4, -0.2) is 26.7 Å². The van der Waals surface area contributed by atoms with E-state index in [0.29, 0.717) is 23.6 Å². The summed E-state index contributed by atoms with van der Waals surface area (Å²) in [6, 6.07) is 5.20. The van der Waals surface area contributed by atoms with Gasteiger partial charge in [-0.2, -0.15) is 0 Å². The van der Waals surface area contributed by atoms with Crippen molar-refractivity contribution >= 4 is 5.91 Å². The zero-order valence-corrected chi connectivity index (χ0v) is 10.2. The Kier molecular flexibility index (Phi) is 5.07. The van der Waals surface area contributed by atoms with E-state index in [2.05, 4.69) is 11.9 Å². The van der Waals surface area contributed by atoms with E-state index < -0.39 is 0 Å². The molecule has 0 aliphatic rings. The third-order valence-electron chi connectivity index (χ3n) is 2.28. The molecule has 1 amide bonds. The van der Waals surface area contributed by atoms with Gasteiger partial charge in [-0.3, -0.25) is 4.79 Å². The number of methoxy groups -OCH3 is 2. The van der Waals surface area contributed by atoms with E-state index in [1.807, 2.05) is 0 Å². The summed E-state index contributed by atoms with van der Waals surface area (Å²) in [5, 5.41) is 2.78. The number of carbonyl (C=O) groups excluding carboxylic acids is 1. The van der Waals surface area contributed by atoms with Crippen LogP contribution in [0.2, 0.25) is 0 Å². The first-order chi connectivity index (χ1) is 8.24. The van der Waals surface area contributed by atoms with Crippen molar-refractivity contribution in [3.05, 3.63) is 36.4 Å². The fraction of sp³-hybridized carbons (Fsp3) is 0.308. The average Bonchev–Trinajstić information content (AvgIpc) is 2.37. The van der Waals surface area contributed by atoms with Crippen molar-refractivity contribution in [2.45, 2.75) is 6.42 Å². The van der Waals surface area contributed by atoms with Crippen LogP contribution in [0, 0.1) is 0 Å². The van der Waals surface area contributed by atoms with E-state index in [1.165, 1.54) is 14.2 Å². The Morgan fingerprint density at radius 2 is 2.18 bits per heavy atom. The molecule has 0 aliphatic heterocycles. The fourth-order valence-corrected chi connectivity index (χ4v) is 1.45. The third-order valence-corrected chi connectivity index (χ3v) is 2.28. The minimum atomic E-state index is -0.178. The molecule has 1 N–H and O–H groups in total. The van der Waals surface area contributed by atoms with E-state index in [4.69, 9.17) is 9.47 Å². The highest BCUT2D eigenvalue weighted by Crippen LogP contribution is 2.30. The molecule has 0 aliphatic carbocycles. The molecule has 1 aromatic carbocycles. The van der Waals surface area contributed by atoms with Crippen LogP contribution in [0.15, 0.2) is 30.9 Å². The minimum absolute atomic E-state index is 0.178. The van der Waals surface area contributed by atoms with E-state index in [9.17, 15) is 4.79 Å². The van der Waals surface area contributed by atoms with Crippen LogP contribution in [0.4, 0.5) is 0 Å². The van der Waals surface area contributed by atoms with Gasteiger partial charge in [0.25, 0.3) is 5.91 Å². The second-order valence-electron chi connectivity index (χ2n) is 3.37. The Bertz CT molecular complexity index is 402. The summed E-state index contributed by atoms with van der Waals surface area (Å²) in [4.78, 5) is 11.9. The topological polar surface area (TPSA) is 47.6 Å². The summed E-state index contributed by atoms with van der Waals surface area (Å²) in [5.41, 5.74) is 0.468. The predicted molar refractivity (Wildman–Crippen MR) is 66.7 cm³/mol. The highest BCUT2D eigenvalue weighted by atomic mass is 16.5. The highest BCUT2D eigenvalue weighted by molar-refractivity contribution is 5.97. The zero-order chi connectivity index (χ0) is 12.7. The smallest absolute Gasteiger partial charge is 0.255 e. The van der Waals surface area contributed by atoms with Gasteiger partial charge in [0.05, 0.1) is 19.8 Å². The summed E-state index contributed by atoms with van der Waals surface area (Å²) < 4.78 is 10.3. The summed E-state index contributed by atoms with van der Waals surface area (Å²) >= 11 is 0. The van der Waals surface area contributed by atoms with E-state index >= 15 is 0 Å². The first-order valence-electron chi connectivity index (χ1n) is 5.34. The standard InChI is InChI=1S/C13H17NO3/c1-4-5-9-14-13(15)10-7-6-8-11(16-2)12(10)17-3/h4,6-8H,1,5,9H2,2-3H3,(H,14,15). The number of amides is 1. The number of ether oxygens (including phenoxy) is 2. The molecule has 1 aromatic rings. The lowest BCUT2D eigenvalue weighted by Gasteiger charge is -2.12. The number of carbonyl (C=O) groups is 1. The largest absolute Gasteiger partial charge is 0.493 e. The van der Waals surface area contributed by atoms with Crippen LogP contribution in [-0.2, 0) is 0 Å². The van der Waals surface area contributed by atoms with Gasteiger partial charge in [0, 0.05) is 6.54 Å². The molecule has 0 unspecified atom stereocenters. The Hall–Kier alpha value is -1.97.